The number of hydrogen-bond donors (Lipinski definition) is 0. The molecule has 23 heavy (non-hydrogen) atoms. The molecule has 0 radical (unpaired) electrons. The van der Waals surface area contributed by atoms with Crippen molar-refractivity contribution >= 4 is 6.08 Å². The van der Waals surface area contributed by atoms with Crippen LogP contribution in [0.4, 0.5) is 4.39 Å². The SMILES string of the molecule is CC1=Cc2c(cnn2-c2ccc(F)cc2)C[C@]1(C)C1OCCO1. The Hall–Kier alpha value is -1.98. The van der Waals surface area contributed by atoms with Gasteiger partial charge >= 0.3 is 0 Å². The van der Waals surface area contributed by atoms with E-state index in [1.54, 1.807) is 12.1 Å². The monoisotopic (exact) mass is 314 g/mol. The smallest absolute Gasteiger partial charge is 0.167 e. The number of hydrogen-bond acceptors (Lipinski definition) is 3. The molecule has 4 rings (SSSR count). The Kier molecular flexibility index (Phi) is 3.36. The molecule has 0 spiro atoms. The standard InChI is InChI=1S/C18H19FN2O2/c1-12-9-16-13(10-18(12,2)17-22-7-8-23-17)11-20-21(16)15-5-3-14(19)4-6-15/h3-6,9,11,17H,7-8,10H2,1-2H3/t18-/m0/s1. The molecule has 1 atom stereocenters. The van der Waals surface area contributed by atoms with Crippen LogP contribution in [0.3, 0.4) is 0 Å². The molecule has 120 valence electrons. The summed E-state index contributed by atoms with van der Waals surface area (Å²) in [6, 6.07) is 6.38. The van der Waals surface area contributed by atoms with Gasteiger partial charge in [0.1, 0.15) is 5.82 Å². The first-order valence-corrected chi connectivity index (χ1v) is 7.83. The van der Waals surface area contributed by atoms with Crippen LogP contribution >= 0.6 is 0 Å². The van der Waals surface area contributed by atoms with Crippen LogP contribution in [-0.2, 0) is 15.9 Å². The molecule has 0 amide bonds. The minimum absolute atomic E-state index is 0.180. The fraction of sp³-hybridized carbons (Fsp3) is 0.389. The van der Waals surface area contributed by atoms with Gasteiger partial charge in [-0.25, -0.2) is 9.07 Å². The number of fused-ring (bicyclic) bond motifs is 1. The van der Waals surface area contributed by atoms with Gasteiger partial charge in [-0.2, -0.15) is 5.10 Å². The summed E-state index contributed by atoms with van der Waals surface area (Å²) < 4.78 is 26.5. The highest BCUT2D eigenvalue weighted by atomic mass is 19.1. The fourth-order valence-electron chi connectivity index (χ4n) is 3.37. The van der Waals surface area contributed by atoms with Gasteiger partial charge in [-0.1, -0.05) is 12.5 Å². The quantitative estimate of drug-likeness (QED) is 0.853. The molecule has 1 aromatic carbocycles. The molecule has 0 unspecified atom stereocenters. The van der Waals surface area contributed by atoms with Gasteiger partial charge in [0.25, 0.3) is 0 Å². The third kappa shape index (κ3) is 2.31. The molecule has 1 fully saturated rings. The summed E-state index contributed by atoms with van der Waals surface area (Å²) >= 11 is 0. The van der Waals surface area contributed by atoms with Crippen molar-refractivity contribution < 1.29 is 13.9 Å². The molecule has 0 bridgehead atoms. The van der Waals surface area contributed by atoms with Gasteiger partial charge in [0.2, 0.25) is 0 Å². The number of aromatic nitrogens is 2. The Morgan fingerprint density at radius 3 is 2.61 bits per heavy atom. The summed E-state index contributed by atoms with van der Waals surface area (Å²) in [5.74, 6) is -0.246. The summed E-state index contributed by atoms with van der Waals surface area (Å²) in [5.41, 5.74) is 4.08. The fourth-order valence-corrected chi connectivity index (χ4v) is 3.37. The van der Waals surface area contributed by atoms with Crippen LogP contribution in [0.1, 0.15) is 25.1 Å². The first-order chi connectivity index (χ1) is 11.1. The molecule has 1 aliphatic carbocycles. The van der Waals surface area contributed by atoms with Crippen molar-refractivity contribution in [1.82, 2.24) is 9.78 Å². The molecular formula is C18H19FN2O2. The largest absolute Gasteiger partial charge is 0.349 e. The van der Waals surface area contributed by atoms with E-state index < -0.39 is 0 Å². The van der Waals surface area contributed by atoms with Crippen LogP contribution in [0.2, 0.25) is 0 Å². The maximum Gasteiger partial charge on any atom is 0.167 e. The van der Waals surface area contributed by atoms with Crippen molar-refractivity contribution in [3.05, 3.63) is 53.1 Å². The van der Waals surface area contributed by atoms with Crippen LogP contribution in [0.15, 0.2) is 36.0 Å². The van der Waals surface area contributed by atoms with Gasteiger partial charge in [0.05, 0.1) is 30.8 Å². The van der Waals surface area contributed by atoms with E-state index in [-0.39, 0.29) is 17.5 Å². The number of benzene rings is 1. The Balaban J connectivity index is 1.73. The van der Waals surface area contributed by atoms with E-state index >= 15 is 0 Å². The predicted molar refractivity (Wildman–Crippen MR) is 84.7 cm³/mol. The molecule has 4 nitrogen and oxygen atoms in total. The summed E-state index contributed by atoms with van der Waals surface area (Å²) in [7, 11) is 0. The summed E-state index contributed by atoms with van der Waals surface area (Å²) in [6.07, 6.45) is 4.63. The van der Waals surface area contributed by atoms with Crippen molar-refractivity contribution in [2.75, 3.05) is 13.2 Å². The molecule has 1 aliphatic heterocycles. The van der Waals surface area contributed by atoms with Crippen molar-refractivity contribution in [3.8, 4) is 5.69 Å². The Morgan fingerprint density at radius 2 is 1.91 bits per heavy atom. The second-order valence-electron chi connectivity index (χ2n) is 6.44. The van der Waals surface area contributed by atoms with Gasteiger partial charge in [-0.15, -0.1) is 0 Å². The van der Waals surface area contributed by atoms with Crippen LogP contribution in [0.5, 0.6) is 0 Å². The first-order valence-electron chi connectivity index (χ1n) is 7.83. The normalized spacial score (nSPS) is 24.6. The number of halogens is 1. The van der Waals surface area contributed by atoms with Gasteiger partial charge in [0.15, 0.2) is 6.29 Å². The molecule has 0 N–H and O–H groups in total. The lowest BCUT2D eigenvalue weighted by molar-refractivity contribution is -0.111. The molecule has 5 heteroatoms. The van der Waals surface area contributed by atoms with Crippen LogP contribution in [0.25, 0.3) is 11.8 Å². The second-order valence-corrected chi connectivity index (χ2v) is 6.44. The lowest BCUT2D eigenvalue weighted by Gasteiger charge is -2.37. The van der Waals surface area contributed by atoms with E-state index in [1.165, 1.54) is 17.7 Å². The number of nitrogens with zero attached hydrogens (tertiary/aromatic N) is 2. The highest BCUT2D eigenvalue weighted by Crippen LogP contribution is 2.43. The topological polar surface area (TPSA) is 36.3 Å². The number of ether oxygens (including phenoxy) is 2. The van der Waals surface area contributed by atoms with E-state index in [1.807, 2.05) is 10.9 Å². The molecule has 1 aromatic heterocycles. The Labute approximate surface area is 134 Å². The summed E-state index contributed by atoms with van der Waals surface area (Å²) in [4.78, 5) is 0. The zero-order valence-electron chi connectivity index (χ0n) is 13.3. The van der Waals surface area contributed by atoms with Gasteiger partial charge in [-0.05, 0) is 49.2 Å². The molecular weight excluding hydrogens is 295 g/mol. The summed E-state index contributed by atoms with van der Waals surface area (Å²) in [5, 5.41) is 4.49. The van der Waals surface area contributed by atoms with Crippen LogP contribution < -0.4 is 0 Å². The van der Waals surface area contributed by atoms with Gasteiger partial charge < -0.3 is 9.47 Å². The first kappa shape index (κ1) is 14.6. The van der Waals surface area contributed by atoms with E-state index in [4.69, 9.17) is 9.47 Å². The lowest BCUT2D eigenvalue weighted by atomic mass is 9.73. The third-order valence-electron chi connectivity index (χ3n) is 4.91. The van der Waals surface area contributed by atoms with Crippen molar-refractivity contribution in [2.45, 2.75) is 26.6 Å². The highest BCUT2D eigenvalue weighted by molar-refractivity contribution is 5.60. The Morgan fingerprint density at radius 1 is 1.22 bits per heavy atom. The maximum absolute atomic E-state index is 13.1. The van der Waals surface area contributed by atoms with Crippen molar-refractivity contribution in [1.29, 1.82) is 0 Å². The minimum atomic E-state index is -0.246. The van der Waals surface area contributed by atoms with E-state index in [0.29, 0.717) is 13.2 Å². The molecule has 0 saturated carbocycles. The van der Waals surface area contributed by atoms with Crippen molar-refractivity contribution in [2.24, 2.45) is 5.41 Å². The average Bonchev–Trinajstić information content (AvgIpc) is 3.19. The van der Waals surface area contributed by atoms with Gasteiger partial charge in [0, 0.05) is 5.41 Å². The van der Waals surface area contributed by atoms with Crippen molar-refractivity contribution in [3.63, 3.8) is 0 Å². The lowest BCUT2D eigenvalue weighted by Crippen LogP contribution is -2.38. The maximum atomic E-state index is 13.1. The predicted octanol–water partition coefficient (Wildman–Crippen LogP) is 3.35. The van der Waals surface area contributed by atoms with E-state index in [9.17, 15) is 4.39 Å². The highest BCUT2D eigenvalue weighted by Gasteiger charge is 2.43. The minimum Gasteiger partial charge on any atom is -0.349 e. The van der Waals surface area contributed by atoms with Crippen LogP contribution in [0, 0.1) is 11.2 Å². The zero-order chi connectivity index (χ0) is 16.0. The summed E-state index contributed by atoms with van der Waals surface area (Å²) in [6.45, 7) is 5.58. The molecule has 2 aliphatic rings. The Bertz CT molecular complexity index is 760. The zero-order valence-corrected chi connectivity index (χ0v) is 13.3. The van der Waals surface area contributed by atoms with Gasteiger partial charge in [-0.3, -0.25) is 0 Å². The second kappa shape index (κ2) is 5.28. The average molecular weight is 314 g/mol. The van der Waals surface area contributed by atoms with E-state index in [0.717, 1.165) is 23.4 Å². The number of rotatable bonds is 2. The molecule has 2 heterocycles. The third-order valence-corrected chi connectivity index (χ3v) is 4.91. The molecule has 1 saturated heterocycles. The molecule has 2 aromatic rings. The van der Waals surface area contributed by atoms with E-state index in [2.05, 4.69) is 25.0 Å². The van der Waals surface area contributed by atoms with Crippen LogP contribution in [-0.4, -0.2) is 29.3 Å².